The summed E-state index contributed by atoms with van der Waals surface area (Å²) in [6.45, 7) is 3.71. The van der Waals surface area contributed by atoms with Gasteiger partial charge in [0, 0.05) is 17.5 Å². The van der Waals surface area contributed by atoms with E-state index in [0.29, 0.717) is 11.3 Å². The fraction of sp³-hybridized carbons (Fsp3) is 0.269. The van der Waals surface area contributed by atoms with Gasteiger partial charge in [-0.15, -0.1) is 11.3 Å². The van der Waals surface area contributed by atoms with E-state index in [9.17, 15) is 19.5 Å². The third kappa shape index (κ3) is 5.87. The number of thiophene rings is 1. The molecule has 2 amide bonds. The predicted octanol–water partition coefficient (Wildman–Crippen LogP) is 4.60. The number of carboxylic acid groups (broad SMARTS) is 1. The number of carbonyl (C=O) groups excluding carboxylic acids is 2. The Morgan fingerprint density at radius 2 is 1.61 bits per heavy atom. The molecule has 3 N–H and O–H groups in total. The van der Waals surface area contributed by atoms with Gasteiger partial charge in [-0.1, -0.05) is 60.7 Å². The maximum atomic E-state index is 14.0. The highest BCUT2D eigenvalue weighted by molar-refractivity contribution is 7.12. The fourth-order valence-electron chi connectivity index (χ4n) is 4.09. The van der Waals surface area contributed by atoms with E-state index in [0.717, 1.165) is 16.7 Å². The molecule has 6 nitrogen and oxygen atoms in total. The maximum absolute atomic E-state index is 14.0. The smallest absolute Gasteiger partial charge is 0.326 e. The summed E-state index contributed by atoms with van der Waals surface area (Å²) in [4.78, 5) is 39.7. The Hall–Kier alpha value is -3.45. The van der Waals surface area contributed by atoms with Gasteiger partial charge in [0.2, 0.25) is 5.91 Å². The van der Waals surface area contributed by atoms with Crippen molar-refractivity contribution >= 4 is 29.1 Å². The van der Waals surface area contributed by atoms with Gasteiger partial charge in [0.05, 0.1) is 4.88 Å². The van der Waals surface area contributed by atoms with Crippen LogP contribution >= 0.6 is 11.3 Å². The monoisotopic (exact) mass is 464 g/mol. The van der Waals surface area contributed by atoms with E-state index in [1.54, 1.807) is 0 Å². The van der Waals surface area contributed by atoms with Crippen molar-refractivity contribution in [1.29, 1.82) is 0 Å². The molecule has 0 unspecified atom stereocenters. The highest BCUT2D eigenvalue weighted by Gasteiger charge is 2.41. The zero-order chi connectivity index (χ0) is 24.0. The molecular formula is C26H28N2O4S. The Morgan fingerprint density at radius 1 is 1.00 bits per heavy atom. The molecule has 0 aliphatic carbocycles. The van der Waals surface area contributed by atoms with Crippen LogP contribution in [-0.2, 0) is 16.0 Å². The van der Waals surface area contributed by atoms with E-state index in [1.807, 2.05) is 86.0 Å². The van der Waals surface area contributed by atoms with Crippen molar-refractivity contribution in [3.05, 3.63) is 82.6 Å². The Bertz CT molecular complexity index is 1110. The number of rotatable bonds is 10. The number of nitrogens with two attached hydrogens (primary N) is 1. The molecule has 33 heavy (non-hydrogen) atoms. The van der Waals surface area contributed by atoms with Crippen molar-refractivity contribution in [2.45, 2.75) is 44.7 Å². The maximum Gasteiger partial charge on any atom is 0.326 e. The minimum Gasteiger partial charge on any atom is -0.480 e. The fourth-order valence-corrected chi connectivity index (χ4v) is 4.94. The Labute approximate surface area is 197 Å². The van der Waals surface area contributed by atoms with Crippen molar-refractivity contribution in [1.82, 2.24) is 4.90 Å². The van der Waals surface area contributed by atoms with Crippen LogP contribution in [0.25, 0.3) is 11.1 Å². The lowest BCUT2D eigenvalue weighted by Crippen LogP contribution is -2.57. The zero-order valence-electron chi connectivity index (χ0n) is 18.7. The molecular weight excluding hydrogens is 436 g/mol. The number of benzene rings is 2. The van der Waals surface area contributed by atoms with E-state index in [2.05, 4.69) is 0 Å². The summed E-state index contributed by atoms with van der Waals surface area (Å²) in [6, 6.07) is 19.8. The average Bonchev–Trinajstić information content (AvgIpc) is 3.26. The molecule has 1 heterocycles. The molecule has 3 rings (SSSR count). The minimum atomic E-state index is -1.20. The molecule has 0 bridgehead atoms. The highest BCUT2D eigenvalue weighted by Crippen LogP contribution is 2.34. The van der Waals surface area contributed by atoms with Gasteiger partial charge in [-0.25, -0.2) is 4.79 Å². The number of primary amides is 1. The number of nitrogens with zero attached hydrogens (tertiary/aromatic N) is 1. The molecule has 0 aliphatic heterocycles. The first kappa shape index (κ1) is 24.2. The second kappa shape index (κ2) is 10.4. The standard InChI is InChI=1S/C26H28N2O4S/c1-26(2,17-18-9-5-3-6-10-18)28(21(25(31)32)13-14-22(27)29)24(30)23-20(15-16-33-23)19-11-7-4-8-12-19/h3-12,15-16,21H,13-14,17H2,1-2H3,(H2,27,29)(H,31,32)/t21-/m0/s1. The summed E-state index contributed by atoms with van der Waals surface area (Å²) in [7, 11) is 0. The summed E-state index contributed by atoms with van der Waals surface area (Å²) < 4.78 is 0. The lowest BCUT2D eigenvalue weighted by Gasteiger charge is -2.42. The van der Waals surface area contributed by atoms with Crippen molar-refractivity contribution in [2.75, 3.05) is 0 Å². The van der Waals surface area contributed by atoms with E-state index in [4.69, 9.17) is 5.73 Å². The number of hydrogen-bond acceptors (Lipinski definition) is 4. The summed E-state index contributed by atoms with van der Waals surface area (Å²) in [6.07, 6.45) is 0.269. The molecule has 0 radical (unpaired) electrons. The summed E-state index contributed by atoms with van der Waals surface area (Å²) >= 11 is 1.28. The van der Waals surface area contributed by atoms with Crippen LogP contribution < -0.4 is 5.73 Å². The molecule has 172 valence electrons. The predicted molar refractivity (Wildman–Crippen MR) is 130 cm³/mol. The summed E-state index contributed by atoms with van der Waals surface area (Å²) in [5.41, 5.74) is 7.08. The lowest BCUT2D eigenvalue weighted by atomic mass is 9.89. The van der Waals surface area contributed by atoms with Gasteiger partial charge in [-0.2, -0.15) is 0 Å². The second-order valence-corrected chi connectivity index (χ2v) is 9.45. The molecule has 0 saturated heterocycles. The molecule has 1 aromatic heterocycles. The molecule has 1 atom stereocenters. The van der Waals surface area contributed by atoms with E-state index in [1.165, 1.54) is 16.2 Å². The minimum absolute atomic E-state index is 0.0549. The third-order valence-corrected chi connectivity index (χ3v) is 6.46. The Morgan fingerprint density at radius 3 is 2.18 bits per heavy atom. The molecule has 0 saturated carbocycles. The average molecular weight is 465 g/mol. The Balaban J connectivity index is 2.06. The lowest BCUT2D eigenvalue weighted by molar-refractivity contribution is -0.144. The van der Waals surface area contributed by atoms with Crippen LogP contribution in [0.15, 0.2) is 72.1 Å². The first-order chi connectivity index (χ1) is 15.7. The van der Waals surface area contributed by atoms with Crippen LogP contribution in [0, 0.1) is 0 Å². The van der Waals surface area contributed by atoms with E-state index >= 15 is 0 Å². The number of carboxylic acids is 1. The van der Waals surface area contributed by atoms with Crippen molar-refractivity contribution in [3.8, 4) is 11.1 Å². The van der Waals surface area contributed by atoms with Crippen LogP contribution in [-0.4, -0.2) is 39.4 Å². The van der Waals surface area contributed by atoms with E-state index < -0.39 is 23.5 Å². The van der Waals surface area contributed by atoms with Crippen molar-refractivity contribution in [3.63, 3.8) is 0 Å². The van der Waals surface area contributed by atoms with Gasteiger partial charge < -0.3 is 15.7 Å². The quantitative estimate of drug-likeness (QED) is 0.458. The number of hydrogen-bond donors (Lipinski definition) is 2. The number of amides is 2. The first-order valence-electron chi connectivity index (χ1n) is 10.7. The Kier molecular flexibility index (Phi) is 7.66. The topological polar surface area (TPSA) is 101 Å². The van der Waals surface area contributed by atoms with Gasteiger partial charge in [0.15, 0.2) is 0 Å². The van der Waals surface area contributed by atoms with Crippen LogP contribution in [0.2, 0.25) is 0 Å². The van der Waals surface area contributed by atoms with Crippen LogP contribution in [0.1, 0.15) is 41.9 Å². The van der Waals surface area contributed by atoms with Gasteiger partial charge in [0.1, 0.15) is 6.04 Å². The highest BCUT2D eigenvalue weighted by atomic mass is 32.1. The van der Waals surface area contributed by atoms with Crippen molar-refractivity contribution < 1.29 is 19.5 Å². The van der Waals surface area contributed by atoms with Gasteiger partial charge in [0.25, 0.3) is 5.91 Å². The first-order valence-corrected chi connectivity index (χ1v) is 11.6. The van der Waals surface area contributed by atoms with Crippen LogP contribution in [0.4, 0.5) is 0 Å². The molecule has 3 aromatic rings. The van der Waals surface area contributed by atoms with Crippen LogP contribution in [0.5, 0.6) is 0 Å². The largest absolute Gasteiger partial charge is 0.480 e. The normalized spacial score (nSPS) is 12.2. The zero-order valence-corrected chi connectivity index (χ0v) is 19.5. The van der Waals surface area contributed by atoms with Gasteiger partial charge >= 0.3 is 5.97 Å². The molecule has 7 heteroatoms. The molecule has 0 fully saturated rings. The summed E-state index contributed by atoms with van der Waals surface area (Å²) in [5.74, 6) is -2.14. The van der Waals surface area contributed by atoms with Gasteiger partial charge in [-0.05, 0) is 49.3 Å². The number of carbonyl (C=O) groups is 3. The molecule has 0 spiro atoms. The number of aliphatic carboxylic acids is 1. The van der Waals surface area contributed by atoms with Crippen LogP contribution in [0.3, 0.4) is 0 Å². The second-order valence-electron chi connectivity index (χ2n) is 8.54. The van der Waals surface area contributed by atoms with Gasteiger partial charge in [-0.3, -0.25) is 9.59 Å². The van der Waals surface area contributed by atoms with Crippen molar-refractivity contribution in [2.24, 2.45) is 5.73 Å². The SMILES string of the molecule is CC(C)(Cc1ccccc1)N(C(=O)c1sccc1-c1ccccc1)[C@@H](CCC(N)=O)C(=O)O. The summed E-state index contributed by atoms with van der Waals surface area (Å²) in [5, 5.41) is 11.9. The third-order valence-electron chi connectivity index (χ3n) is 5.56. The molecule has 0 aliphatic rings. The molecule has 2 aromatic carbocycles. The van der Waals surface area contributed by atoms with E-state index in [-0.39, 0.29) is 18.7 Å².